The third-order valence-corrected chi connectivity index (χ3v) is 3.22. The largest absolute Gasteiger partial charge is 0.490 e. The first-order valence-electron chi connectivity index (χ1n) is 6.83. The van der Waals surface area contributed by atoms with Crippen molar-refractivity contribution < 1.29 is 9.47 Å². The van der Waals surface area contributed by atoms with Crippen LogP contribution in [-0.2, 0) is 0 Å². The zero-order chi connectivity index (χ0) is 14.1. The number of hydrogen-bond acceptors (Lipinski definition) is 3. The second-order valence-electron chi connectivity index (χ2n) is 4.69. The summed E-state index contributed by atoms with van der Waals surface area (Å²) < 4.78 is 11.2. The van der Waals surface area contributed by atoms with E-state index in [4.69, 9.17) is 21.1 Å². The van der Waals surface area contributed by atoms with Gasteiger partial charge in [0.25, 0.3) is 0 Å². The Morgan fingerprint density at radius 1 is 1.16 bits per heavy atom. The van der Waals surface area contributed by atoms with E-state index in [2.05, 4.69) is 19.2 Å². The van der Waals surface area contributed by atoms with E-state index in [1.165, 1.54) is 0 Å². The Kier molecular flexibility index (Phi) is 7.68. The molecule has 0 aliphatic heterocycles. The van der Waals surface area contributed by atoms with E-state index in [0.717, 1.165) is 18.0 Å². The van der Waals surface area contributed by atoms with Crippen LogP contribution in [0.1, 0.15) is 20.8 Å². The monoisotopic (exact) mass is 285 g/mol. The molecule has 1 unspecified atom stereocenters. The van der Waals surface area contributed by atoms with E-state index in [0.29, 0.717) is 31.1 Å². The van der Waals surface area contributed by atoms with E-state index in [9.17, 15) is 0 Å². The predicted molar refractivity (Wildman–Crippen MR) is 80.5 cm³/mol. The summed E-state index contributed by atoms with van der Waals surface area (Å²) >= 11 is 5.90. The summed E-state index contributed by atoms with van der Waals surface area (Å²) in [6, 6.07) is 8.06. The van der Waals surface area contributed by atoms with Crippen LogP contribution in [0.3, 0.4) is 0 Å². The molecule has 0 aromatic heterocycles. The van der Waals surface area contributed by atoms with Gasteiger partial charge < -0.3 is 14.8 Å². The van der Waals surface area contributed by atoms with Crippen molar-refractivity contribution in [1.29, 1.82) is 0 Å². The van der Waals surface area contributed by atoms with Gasteiger partial charge in [0.05, 0.1) is 6.61 Å². The minimum absolute atomic E-state index is 0.326. The fourth-order valence-electron chi connectivity index (χ4n) is 1.72. The Bertz CT molecular complexity index is 358. The lowest BCUT2D eigenvalue weighted by Crippen LogP contribution is -2.37. The first-order valence-corrected chi connectivity index (χ1v) is 7.36. The molecule has 0 heterocycles. The molecule has 1 aromatic carbocycles. The number of benzene rings is 1. The van der Waals surface area contributed by atoms with Gasteiger partial charge in [-0.05, 0) is 25.0 Å². The van der Waals surface area contributed by atoms with Crippen LogP contribution >= 0.6 is 11.6 Å². The maximum absolute atomic E-state index is 5.90. The highest BCUT2D eigenvalue weighted by Crippen LogP contribution is 2.26. The van der Waals surface area contributed by atoms with Gasteiger partial charge in [0.15, 0.2) is 11.5 Å². The Morgan fingerprint density at radius 3 is 2.32 bits per heavy atom. The van der Waals surface area contributed by atoms with Crippen molar-refractivity contribution in [2.75, 3.05) is 25.6 Å². The number of para-hydroxylation sites is 2. The van der Waals surface area contributed by atoms with Crippen LogP contribution < -0.4 is 14.8 Å². The van der Waals surface area contributed by atoms with Crippen molar-refractivity contribution in [3.05, 3.63) is 24.3 Å². The Morgan fingerprint density at radius 2 is 1.79 bits per heavy atom. The van der Waals surface area contributed by atoms with Gasteiger partial charge in [-0.3, -0.25) is 0 Å². The average molecular weight is 286 g/mol. The third-order valence-electron chi connectivity index (χ3n) is 2.89. The fraction of sp³-hybridized carbons (Fsp3) is 0.600. The molecule has 3 nitrogen and oxygen atoms in total. The van der Waals surface area contributed by atoms with Gasteiger partial charge in [-0.1, -0.05) is 26.0 Å². The van der Waals surface area contributed by atoms with Gasteiger partial charge in [0.1, 0.15) is 6.61 Å². The van der Waals surface area contributed by atoms with Crippen molar-refractivity contribution in [3.8, 4) is 11.5 Å². The second-order valence-corrected chi connectivity index (χ2v) is 5.00. The number of alkyl halides is 1. The molecule has 1 atom stereocenters. The Balaban J connectivity index is 2.36. The zero-order valence-corrected chi connectivity index (χ0v) is 12.7. The molecule has 19 heavy (non-hydrogen) atoms. The molecule has 0 radical (unpaired) electrons. The number of rotatable bonds is 9. The highest BCUT2D eigenvalue weighted by atomic mass is 35.5. The molecule has 0 aliphatic carbocycles. The lowest BCUT2D eigenvalue weighted by atomic mass is 10.1. The minimum atomic E-state index is 0.326. The molecule has 0 bridgehead atoms. The van der Waals surface area contributed by atoms with Gasteiger partial charge in [-0.2, -0.15) is 0 Å². The van der Waals surface area contributed by atoms with Gasteiger partial charge in [-0.15, -0.1) is 11.6 Å². The normalized spacial score (nSPS) is 12.5. The predicted octanol–water partition coefficient (Wildman–Crippen LogP) is 3.32. The summed E-state index contributed by atoms with van der Waals surface area (Å²) in [5, 5.41) is 3.39. The minimum Gasteiger partial charge on any atom is -0.490 e. The number of hydrogen-bond donors (Lipinski definition) is 1. The topological polar surface area (TPSA) is 30.5 Å². The van der Waals surface area contributed by atoms with Crippen LogP contribution in [0.2, 0.25) is 0 Å². The molecule has 108 valence electrons. The molecule has 0 spiro atoms. The van der Waals surface area contributed by atoms with Crippen molar-refractivity contribution in [1.82, 2.24) is 5.32 Å². The number of halogens is 1. The lowest BCUT2D eigenvalue weighted by molar-refractivity contribution is 0.268. The molecule has 1 aromatic rings. The molecule has 1 N–H and O–H groups in total. The molecule has 1 rings (SSSR count). The van der Waals surface area contributed by atoms with E-state index >= 15 is 0 Å². The molecule has 4 heteroatoms. The average Bonchev–Trinajstić information content (AvgIpc) is 2.40. The summed E-state index contributed by atoms with van der Waals surface area (Å²) in [4.78, 5) is 0. The third kappa shape index (κ3) is 5.70. The molecular formula is C15H24ClNO2. The molecule has 0 fully saturated rings. The quantitative estimate of drug-likeness (QED) is 0.558. The first kappa shape index (κ1) is 16.1. The maximum Gasteiger partial charge on any atom is 0.161 e. The van der Waals surface area contributed by atoms with Crippen molar-refractivity contribution >= 4 is 11.6 Å². The summed E-state index contributed by atoms with van der Waals surface area (Å²) in [6.45, 7) is 8.29. The van der Waals surface area contributed by atoms with E-state index in [-0.39, 0.29) is 0 Å². The highest BCUT2D eigenvalue weighted by molar-refractivity contribution is 6.18. The van der Waals surface area contributed by atoms with E-state index in [1.807, 2.05) is 31.2 Å². The number of nitrogens with one attached hydrogen (secondary N) is 1. The van der Waals surface area contributed by atoms with Crippen LogP contribution in [0, 0.1) is 5.92 Å². The van der Waals surface area contributed by atoms with Crippen LogP contribution in [-0.4, -0.2) is 31.7 Å². The second kappa shape index (κ2) is 9.05. The Labute approximate surface area is 121 Å². The summed E-state index contributed by atoms with van der Waals surface area (Å²) in [5.74, 6) is 2.72. The van der Waals surface area contributed by atoms with Crippen molar-refractivity contribution in [3.63, 3.8) is 0 Å². The van der Waals surface area contributed by atoms with Crippen molar-refractivity contribution in [2.24, 2.45) is 5.92 Å². The van der Waals surface area contributed by atoms with Crippen LogP contribution in [0.25, 0.3) is 0 Å². The summed E-state index contributed by atoms with van der Waals surface area (Å²) in [6.07, 6.45) is 0. The van der Waals surface area contributed by atoms with E-state index in [1.54, 1.807) is 0 Å². The molecule has 0 amide bonds. The summed E-state index contributed by atoms with van der Waals surface area (Å²) in [7, 11) is 0. The fourth-order valence-corrected chi connectivity index (χ4v) is 2.18. The first-order chi connectivity index (χ1) is 9.19. The van der Waals surface area contributed by atoms with Crippen LogP contribution in [0.5, 0.6) is 11.5 Å². The SMILES string of the molecule is CCOc1ccccc1OCCNC(CCl)C(C)C. The number of ether oxygens (including phenoxy) is 2. The van der Waals surface area contributed by atoms with Gasteiger partial charge >= 0.3 is 0 Å². The maximum atomic E-state index is 5.90. The Hall–Kier alpha value is -0.930. The smallest absolute Gasteiger partial charge is 0.161 e. The molecule has 0 saturated heterocycles. The van der Waals surface area contributed by atoms with Crippen LogP contribution in [0.15, 0.2) is 24.3 Å². The van der Waals surface area contributed by atoms with Gasteiger partial charge in [0.2, 0.25) is 0 Å². The highest BCUT2D eigenvalue weighted by Gasteiger charge is 2.10. The molecule has 0 saturated carbocycles. The zero-order valence-electron chi connectivity index (χ0n) is 12.0. The van der Waals surface area contributed by atoms with Crippen molar-refractivity contribution in [2.45, 2.75) is 26.8 Å². The lowest BCUT2D eigenvalue weighted by Gasteiger charge is -2.20. The van der Waals surface area contributed by atoms with E-state index < -0.39 is 0 Å². The van der Waals surface area contributed by atoms with Gasteiger partial charge in [0, 0.05) is 18.5 Å². The molecule has 0 aliphatic rings. The summed E-state index contributed by atoms with van der Waals surface area (Å²) in [5.41, 5.74) is 0. The van der Waals surface area contributed by atoms with Crippen LogP contribution in [0.4, 0.5) is 0 Å². The van der Waals surface area contributed by atoms with Gasteiger partial charge in [-0.25, -0.2) is 0 Å². The standard InChI is InChI=1S/C15H24ClNO2/c1-4-18-14-7-5-6-8-15(14)19-10-9-17-13(11-16)12(2)3/h5-8,12-13,17H,4,9-11H2,1-3H3. The molecular weight excluding hydrogens is 262 g/mol.